The van der Waals surface area contributed by atoms with Crippen LogP contribution in [0.15, 0.2) is 24.3 Å². The zero-order valence-electron chi connectivity index (χ0n) is 12.7. The van der Waals surface area contributed by atoms with Crippen LogP contribution < -0.4 is 15.6 Å². The Hall–Kier alpha value is -1.73. The number of phosphoric acid groups is 1. The third kappa shape index (κ3) is 5.57. The summed E-state index contributed by atoms with van der Waals surface area (Å²) in [7, 11) is -1.16. The Morgan fingerprint density at radius 3 is 2.18 bits per heavy atom. The first-order valence-electron chi connectivity index (χ1n) is 6.42. The monoisotopic (exact) mass is 331 g/mol. The molecular formula is C13H20N2O6P+. The molecule has 122 valence electrons. The summed E-state index contributed by atoms with van der Waals surface area (Å²) in [5, 5.41) is 2.53. The molecule has 0 bridgehead atoms. The molecule has 8 nitrogen and oxygen atoms in total. The van der Waals surface area contributed by atoms with Crippen LogP contribution >= 0.6 is 7.82 Å². The molecule has 0 radical (unpaired) electrons. The predicted molar refractivity (Wildman–Crippen MR) is 77.9 cm³/mol. The first kappa shape index (κ1) is 18.3. The van der Waals surface area contributed by atoms with Crippen molar-refractivity contribution in [3.05, 3.63) is 29.8 Å². The molecule has 0 aliphatic carbocycles. The second-order valence-electron chi connectivity index (χ2n) is 4.47. The highest BCUT2D eigenvalue weighted by Crippen LogP contribution is 2.47. The second-order valence-corrected chi connectivity index (χ2v) is 6.28. The molecule has 1 atom stereocenters. The van der Waals surface area contributed by atoms with Crippen LogP contribution in [0.2, 0.25) is 0 Å². The van der Waals surface area contributed by atoms with Crippen LogP contribution in [0.3, 0.4) is 0 Å². The van der Waals surface area contributed by atoms with E-state index < -0.39 is 13.9 Å². The zero-order valence-corrected chi connectivity index (χ0v) is 13.6. The van der Waals surface area contributed by atoms with Crippen LogP contribution in [-0.2, 0) is 29.6 Å². The SMILES string of the molecule is COP(=O)(OC)Oc1ccc(CC(NC(C)=O)C([NH3+])=O)cc1. The molecule has 0 saturated carbocycles. The summed E-state index contributed by atoms with van der Waals surface area (Å²) in [4.78, 5) is 22.5. The number of carbonyl (C=O) groups excluding carboxylic acids is 2. The van der Waals surface area contributed by atoms with E-state index >= 15 is 0 Å². The summed E-state index contributed by atoms with van der Waals surface area (Å²) in [6.45, 7) is 1.33. The maximum atomic E-state index is 11.8. The van der Waals surface area contributed by atoms with E-state index in [-0.39, 0.29) is 11.8 Å². The van der Waals surface area contributed by atoms with Crippen LogP contribution in [0.4, 0.5) is 0 Å². The largest absolute Gasteiger partial charge is 0.529 e. The zero-order chi connectivity index (χ0) is 16.8. The van der Waals surface area contributed by atoms with Gasteiger partial charge in [-0.1, -0.05) is 12.1 Å². The van der Waals surface area contributed by atoms with Gasteiger partial charge in [0, 0.05) is 27.6 Å². The molecule has 1 aromatic carbocycles. The van der Waals surface area contributed by atoms with Gasteiger partial charge in [0.15, 0.2) is 0 Å². The van der Waals surface area contributed by atoms with E-state index in [2.05, 4.69) is 20.1 Å². The molecule has 0 fully saturated rings. The molecule has 9 heteroatoms. The van der Waals surface area contributed by atoms with Gasteiger partial charge in [-0.2, -0.15) is 0 Å². The van der Waals surface area contributed by atoms with Crippen LogP contribution in [0.5, 0.6) is 5.75 Å². The Balaban J connectivity index is 2.77. The second kappa shape index (κ2) is 8.05. The van der Waals surface area contributed by atoms with Crippen molar-refractivity contribution in [2.75, 3.05) is 14.2 Å². The molecule has 0 aliphatic heterocycles. The van der Waals surface area contributed by atoms with Gasteiger partial charge >= 0.3 is 13.7 Å². The third-order valence-corrected chi connectivity index (χ3v) is 4.12. The highest BCUT2D eigenvalue weighted by Gasteiger charge is 2.25. The number of amides is 2. The van der Waals surface area contributed by atoms with Gasteiger partial charge < -0.3 is 9.84 Å². The highest BCUT2D eigenvalue weighted by molar-refractivity contribution is 7.48. The minimum absolute atomic E-state index is 0.299. The van der Waals surface area contributed by atoms with Crippen molar-refractivity contribution >= 4 is 19.6 Å². The lowest BCUT2D eigenvalue weighted by Crippen LogP contribution is -2.66. The van der Waals surface area contributed by atoms with Crippen molar-refractivity contribution in [2.45, 2.75) is 19.4 Å². The van der Waals surface area contributed by atoms with E-state index in [9.17, 15) is 14.2 Å². The first-order chi connectivity index (χ1) is 10.3. The molecule has 1 aromatic rings. The molecular weight excluding hydrogens is 311 g/mol. The van der Waals surface area contributed by atoms with Crippen LogP contribution in [0.1, 0.15) is 12.5 Å². The Kier molecular flexibility index (Phi) is 6.70. The predicted octanol–water partition coefficient (Wildman–Crippen LogP) is 0.282. The molecule has 4 N–H and O–H groups in total. The summed E-state index contributed by atoms with van der Waals surface area (Å²) in [6.07, 6.45) is 0.300. The third-order valence-electron chi connectivity index (χ3n) is 2.79. The van der Waals surface area contributed by atoms with Gasteiger partial charge in [-0.25, -0.2) is 9.36 Å². The van der Waals surface area contributed by atoms with E-state index in [1.54, 1.807) is 24.3 Å². The smallest absolute Gasteiger partial charge is 0.404 e. The molecule has 2 amide bonds. The van der Waals surface area contributed by atoms with Crippen LogP contribution in [-0.4, -0.2) is 32.1 Å². The van der Waals surface area contributed by atoms with Crippen molar-refractivity contribution in [3.63, 3.8) is 0 Å². The molecule has 1 rings (SSSR count). The Morgan fingerprint density at radius 2 is 1.77 bits per heavy atom. The van der Waals surface area contributed by atoms with E-state index in [4.69, 9.17) is 4.52 Å². The van der Waals surface area contributed by atoms with Crippen molar-refractivity contribution in [2.24, 2.45) is 0 Å². The van der Waals surface area contributed by atoms with Crippen LogP contribution in [0.25, 0.3) is 0 Å². The van der Waals surface area contributed by atoms with Crippen LogP contribution in [0, 0.1) is 0 Å². The lowest BCUT2D eigenvalue weighted by atomic mass is 10.1. The maximum Gasteiger partial charge on any atom is 0.529 e. The molecule has 22 heavy (non-hydrogen) atoms. The van der Waals surface area contributed by atoms with Gasteiger partial charge in [-0.15, -0.1) is 0 Å². The lowest BCUT2D eigenvalue weighted by Gasteiger charge is -2.15. The normalized spacial score (nSPS) is 12.5. The number of rotatable bonds is 8. The van der Waals surface area contributed by atoms with E-state index in [1.807, 2.05) is 0 Å². The Labute approximate surface area is 128 Å². The van der Waals surface area contributed by atoms with Gasteiger partial charge in [0.1, 0.15) is 11.8 Å². The Morgan fingerprint density at radius 1 is 1.23 bits per heavy atom. The fourth-order valence-electron chi connectivity index (χ4n) is 1.69. The van der Waals surface area contributed by atoms with Crippen molar-refractivity contribution in [1.82, 2.24) is 5.32 Å². The number of nitrogens with one attached hydrogen (secondary N) is 1. The fraction of sp³-hybridized carbons (Fsp3) is 0.385. The number of hydrogen-bond donors (Lipinski definition) is 2. The van der Waals surface area contributed by atoms with E-state index in [1.165, 1.54) is 21.1 Å². The van der Waals surface area contributed by atoms with Gasteiger partial charge in [0.2, 0.25) is 5.91 Å². The molecule has 1 unspecified atom stereocenters. The standard InChI is InChI=1S/C13H19N2O6P/c1-9(16)15-12(13(14)17)8-10-4-6-11(7-5-10)21-22(18,19-2)20-3/h4-7,12H,8H2,1-3H3,(H2,14,17)(H,15,16)/p+1. The highest BCUT2D eigenvalue weighted by atomic mass is 31.2. The van der Waals surface area contributed by atoms with E-state index in [0.717, 1.165) is 5.56 Å². The summed E-state index contributed by atoms with van der Waals surface area (Å²) in [5.41, 5.74) is 4.11. The summed E-state index contributed by atoms with van der Waals surface area (Å²) in [5.74, 6) is -0.380. The van der Waals surface area contributed by atoms with Crippen molar-refractivity contribution < 1.29 is 33.5 Å². The minimum Gasteiger partial charge on any atom is -0.404 e. The molecule has 0 spiro atoms. The summed E-state index contributed by atoms with van der Waals surface area (Å²) in [6, 6.07) is 5.82. The maximum absolute atomic E-state index is 11.8. The average molecular weight is 331 g/mol. The molecule has 0 heterocycles. The number of carbonyl (C=O) groups is 2. The van der Waals surface area contributed by atoms with Crippen molar-refractivity contribution in [1.29, 1.82) is 0 Å². The lowest BCUT2D eigenvalue weighted by molar-refractivity contribution is -0.308. The van der Waals surface area contributed by atoms with E-state index in [0.29, 0.717) is 12.2 Å². The number of quaternary nitrogens is 1. The first-order valence-corrected chi connectivity index (χ1v) is 7.88. The van der Waals surface area contributed by atoms with Crippen molar-refractivity contribution in [3.8, 4) is 5.75 Å². The number of benzene rings is 1. The van der Waals surface area contributed by atoms with Gasteiger partial charge in [0.05, 0.1) is 0 Å². The number of hydrogen-bond acceptors (Lipinski definition) is 6. The van der Waals surface area contributed by atoms with Gasteiger partial charge in [-0.05, 0) is 17.7 Å². The molecule has 0 saturated heterocycles. The quantitative estimate of drug-likeness (QED) is 0.661. The fourth-order valence-corrected chi connectivity index (χ4v) is 2.37. The molecule has 0 aromatic heterocycles. The minimum atomic E-state index is -3.60. The van der Waals surface area contributed by atoms with Gasteiger partial charge in [-0.3, -0.25) is 19.6 Å². The summed E-state index contributed by atoms with van der Waals surface area (Å²) >= 11 is 0. The Bertz CT molecular complexity index is 566. The topological polar surface area (TPSA) is 119 Å². The number of phosphoric ester groups is 1. The molecule has 0 aliphatic rings. The van der Waals surface area contributed by atoms with Gasteiger partial charge in [0.25, 0.3) is 0 Å². The summed E-state index contributed by atoms with van der Waals surface area (Å²) < 4.78 is 26.3. The average Bonchev–Trinajstić information content (AvgIpc) is 2.48.